The Hall–Kier alpha value is -3.88. The van der Waals surface area contributed by atoms with Crippen LogP contribution < -0.4 is 15.5 Å². The van der Waals surface area contributed by atoms with E-state index >= 15 is 0 Å². The molecule has 3 amide bonds. The van der Waals surface area contributed by atoms with E-state index < -0.39 is 18.2 Å². The van der Waals surface area contributed by atoms with Crippen LogP contribution in [0.4, 0.5) is 4.79 Å². The highest BCUT2D eigenvalue weighted by atomic mass is 16.5. The molecule has 1 fully saturated rings. The zero-order valence-electron chi connectivity index (χ0n) is 18.2. The predicted molar refractivity (Wildman–Crippen MR) is 121 cm³/mol. The van der Waals surface area contributed by atoms with E-state index in [2.05, 4.69) is 20.8 Å². The molecule has 2 aliphatic heterocycles. The Kier molecular flexibility index (Phi) is 6.07. The largest absolute Gasteiger partial charge is 0.489 e. The molecule has 0 bridgehead atoms. The SMILES string of the molecule is CC(C)N1C(N/N=C/c2ccc(OCc3ccccc3)cc2)=NC2C1C(=O)NC(=O)N2C. The minimum absolute atomic E-state index is 0.0140. The van der Waals surface area contributed by atoms with Crippen LogP contribution in [0.3, 0.4) is 0 Å². The fourth-order valence-electron chi connectivity index (χ4n) is 3.69. The van der Waals surface area contributed by atoms with Crippen molar-refractivity contribution in [3.63, 3.8) is 0 Å². The molecule has 0 saturated carbocycles. The highest BCUT2D eigenvalue weighted by molar-refractivity contribution is 6.03. The number of ether oxygens (including phenoxy) is 1. The van der Waals surface area contributed by atoms with Gasteiger partial charge in [0.05, 0.1) is 6.21 Å². The number of imide groups is 1. The van der Waals surface area contributed by atoms with E-state index in [1.165, 1.54) is 4.90 Å². The van der Waals surface area contributed by atoms with Gasteiger partial charge in [0.15, 0.2) is 12.2 Å². The molecule has 166 valence electrons. The molecule has 2 aliphatic rings. The summed E-state index contributed by atoms with van der Waals surface area (Å²) in [7, 11) is 1.62. The van der Waals surface area contributed by atoms with E-state index in [4.69, 9.17) is 4.74 Å². The van der Waals surface area contributed by atoms with Crippen LogP contribution in [-0.4, -0.2) is 59.2 Å². The molecule has 2 N–H and O–H groups in total. The molecule has 2 unspecified atom stereocenters. The number of hydrogen-bond donors (Lipinski definition) is 2. The van der Waals surface area contributed by atoms with Crippen molar-refractivity contribution in [3.8, 4) is 5.75 Å². The Balaban J connectivity index is 1.39. The summed E-state index contributed by atoms with van der Waals surface area (Å²) in [5.41, 5.74) is 4.92. The summed E-state index contributed by atoms with van der Waals surface area (Å²) in [5.74, 6) is 0.862. The number of guanidine groups is 1. The molecule has 0 spiro atoms. The summed E-state index contributed by atoms with van der Waals surface area (Å²) < 4.78 is 5.80. The Bertz CT molecular complexity index is 1040. The van der Waals surface area contributed by atoms with E-state index in [0.29, 0.717) is 12.6 Å². The van der Waals surface area contributed by atoms with Crippen molar-refractivity contribution in [1.29, 1.82) is 0 Å². The molecule has 2 aromatic rings. The number of benzene rings is 2. The molecule has 2 heterocycles. The molecule has 4 rings (SSSR count). The number of nitrogens with one attached hydrogen (secondary N) is 2. The minimum atomic E-state index is -0.587. The number of nitrogens with zero attached hydrogens (tertiary/aromatic N) is 4. The number of amides is 3. The van der Waals surface area contributed by atoms with Gasteiger partial charge in [0, 0.05) is 13.1 Å². The predicted octanol–water partition coefficient (Wildman–Crippen LogP) is 2.15. The fourth-order valence-corrected chi connectivity index (χ4v) is 3.69. The third-order valence-corrected chi connectivity index (χ3v) is 5.36. The lowest BCUT2D eigenvalue weighted by molar-refractivity contribution is -0.127. The van der Waals surface area contributed by atoms with Crippen molar-refractivity contribution < 1.29 is 14.3 Å². The zero-order valence-corrected chi connectivity index (χ0v) is 18.2. The summed E-state index contributed by atoms with van der Waals surface area (Å²) in [6.07, 6.45) is 1.08. The van der Waals surface area contributed by atoms with Crippen molar-refractivity contribution in [1.82, 2.24) is 20.5 Å². The Morgan fingerprint density at radius 2 is 1.88 bits per heavy atom. The Morgan fingerprint density at radius 1 is 1.16 bits per heavy atom. The van der Waals surface area contributed by atoms with Gasteiger partial charge < -0.3 is 14.5 Å². The molecule has 1 saturated heterocycles. The van der Waals surface area contributed by atoms with Crippen molar-refractivity contribution in [2.75, 3.05) is 7.05 Å². The third kappa shape index (κ3) is 4.41. The van der Waals surface area contributed by atoms with Crippen molar-refractivity contribution in [2.24, 2.45) is 10.1 Å². The number of urea groups is 1. The summed E-state index contributed by atoms with van der Waals surface area (Å²) >= 11 is 0. The van der Waals surface area contributed by atoms with E-state index in [1.807, 2.05) is 73.3 Å². The van der Waals surface area contributed by atoms with Gasteiger partial charge in [-0.1, -0.05) is 30.3 Å². The second-order valence-corrected chi connectivity index (χ2v) is 7.93. The molecule has 32 heavy (non-hydrogen) atoms. The fraction of sp³-hybridized carbons (Fsp3) is 0.304. The first-order valence-corrected chi connectivity index (χ1v) is 10.4. The van der Waals surface area contributed by atoms with Crippen molar-refractivity contribution in [3.05, 3.63) is 65.7 Å². The first-order valence-electron chi connectivity index (χ1n) is 10.4. The van der Waals surface area contributed by atoms with Gasteiger partial charge >= 0.3 is 6.03 Å². The first-order chi connectivity index (χ1) is 15.4. The second-order valence-electron chi connectivity index (χ2n) is 7.93. The molecule has 9 nitrogen and oxygen atoms in total. The van der Waals surface area contributed by atoms with Gasteiger partial charge in [-0.15, -0.1) is 0 Å². The van der Waals surface area contributed by atoms with Gasteiger partial charge in [-0.25, -0.2) is 15.2 Å². The molecule has 0 aromatic heterocycles. The number of carbonyl (C=O) groups excluding carboxylic acids is 2. The van der Waals surface area contributed by atoms with E-state index in [9.17, 15) is 9.59 Å². The normalized spacial score (nSPS) is 20.4. The first kappa shape index (κ1) is 21.4. The Morgan fingerprint density at radius 3 is 2.56 bits per heavy atom. The van der Waals surface area contributed by atoms with Gasteiger partial charge in [0.1, 0.15) is 12.4 Å². The highest BCUT2D eigenvalue weighted by Gasteiger charge is 2.49. The molecule has 0 radical (unpaired) electrons. The number of fused-ring (bicyclic) bond motifs is 1. The summed E-state index contributed by atoms with van der Waals surface area (Å²) in [6, 6.07) is 16.5. The lowest BCUT2D eigenvalue weighted by Gasteiger charge is -2.37. The van der Waals surface area contributed by atoms with Gasteiger partial charge in [-0.2, -0.15) is 5.10 Å². The van der Waals surface area contributed by atoms with Crippen LogP contribution in [0, 0.1) is 0 Å². The standard InChI is InChI=1S/C23H26N6O3/c1-15(2)29-19-20(28(3)23(31)26-21(19)30)25-22(29)27-24-13-16-9-11-18(12-10-16)32-14-17-7-5-4-6-8-17/h4-13,15,19-20H,14H2,1-3H3,(H,25,27)(H,26,30,31)/b24-13+. The van der Waals surface area contributed by atoms with E-state index in [1.54, 1.807) is 13.3 Å². The van der Waals surface area contributed by atoms with Crippen LogP contribution in [0.1, 0.15) is 25.0 Å². The summed E-state index contributed by atoms with van der Waals surface area (Å²) in [6.45, 7) is 4.43. The number of rotatable bonds is 6. The van der Waals surface area contributed by atoms with Crippen LogP contribution in [0.5, 0.6) is 5.75 Å². The smallest absolute Gasteiger partial charge is 0.325 e. The third-order valence-electron chi connectivity index (χ3n) is 5.36. The number of hydrogen-bond acceptors (Lipinski definition) is 7. The molecule has 2 aromatic carbocycles. The van der Waals surface area contributed by atoms with Crippen molar-refractivity contribution >= 4 is 24.1 Å². The van der Waals surface area contributed by atoms with E-state index in [0.717, 1.165) is 16.9 Å². The van der Waals surface area contributed by atoms with Crippen LogP contribution in [0.2, 0.25) is 0 Å². The van der Waals surface area contributed by atoms with Gasteiger partial charge in [-0.3, -0.25) is 10.1 Å². The molecular formula is C23H26N6O3. The highest BCUT2D eigenvalue weighted by Crippen LogP contribution is 2.25. The van der Waals surface area contributed by atoms with Gasteiger partial charge in [-0.05, 0) is 49.2 Å². The average molecular weight is 435 g/mol. The molecule has 0 aliphatic carbocycles. The molecule has 2 atom stereocenters. The van der Waals surface area contributed by atoms with Crippen LogP contribution in [-0.2, 0) is 11.4 Å². The average Bonchev–Trinajstić information content (AvgIpc) is 3.18. The van der Waals surface area contributed by atoms with E-state index in [-0.39, 0.29) is 11.9 Å². The maximum atomic E-state index is 12.4. The Labute approximate surface area is 186 Å². The lowest BCUT2D eigenvalue weighted by Crippen LogP contribution is -2.65. The maximum absolute atomic E-state index is 12.4. The summed E-state index contributed by atoms with van der Waals surface area (Å²) in [4.78, 5) is 32.1. The monoisotopic (exact) mass is 434 g/mol. The quantitative estimate of drug-likeness (QED) is 0.536. The summed E-state index contributed by atoms with van der Waals surface area (Å²) in [5, 5.41) is 6.65. The van der Waals surface area contributed by atoms with Crippen LogP contribution >= 0.6 is 0 Å². The second kappa shape index (κ2) is 9.09. The van der Waals surface area contributed by atoms with Crippen LogP contribution in [0.15, 0.2) is 64.7 Å². The topological polar surface area (TPSA) is 98.6 Å². The number of likely N-dealkylation sites (N-methyl/N-ethyl adjacent to an activating group) is 1. The van der Waals surface area contributed by atoms with Gasteiger partial charge in [0.2, 0.25) is 5.96 Å². The number of hydrazone groups is 1. The molecular weight excluding hydrogens is 408 g/mol. The zero-order chi connectivity index (χ0) is 22.7. The maximum Gasteiger partial charge on any atom is 0.325 e. The molecule has 9 heteroatoms. The lowest BCUT2D eigenvalue weighted by atomic mass is 10.1. The van der Waals surface area contributed by atoms with Crippen LogP contribution in [0.25, 0.3) is 0 Å². The number of carbonyl (C=O) groups is 2. The van der Waals surface area contributed by atoms with Gasteiger partial charge in [0.25, 0.3) is 5.91 Å². The number of aliphatic imine (C=N–C) groups is 1. The van der Waals surface area contributed by atoms with Crippen molar-refractivity contribution in [2.45, 2.75) is 38.7 Å². The minimum Gasteiger partial charge on any atom is -0.489 e.